The van der Waals surface area contributed by atoms with Gasteiger partial charge in [-0.15, -0.1) is 0 Å². The molecule has 3 rings (SSSR count). The summed E-state index contributed by atoms with van der Waals surface area (Å²) in [5, 5.41) is 3.34. The fraction of sp³-hybridized carbons (Fsp3) is 0.130. The smallest absolute Gasteiger partial charge is 0.255 e. The largest absolute Gasteiger partial charge is 0.490 e. The summed E-state index contributed by atoms with van der Waals surface area (Å²) in [6.07, 6.45) is 1.75. The van der Waals surface area contributed by atoms with Crippen molar-refractivity contribution < 1.29 is 14.3 Å². The number of benzene rings is 3. The van der Waals surface area contributed by atoms with Crippen LogP contribution in [0.3, 0.4) is 0 Å². The zero-order valence-electron chi connectivity index (χ0n) is 16.2. The van der Waals surface area contributed by atoms with E-state index < -0.39 is 5.91 Å². The van der Waals surface area contributed by atoms with Gasteiger partial charge in [0.25, 0.3) is 5.91 Å². The molecule has 0 saturated carbocycles. The Balaban J connectivity index is 1.68. The number of nitrogens with two attached hydrogens (primary N) is 1. The lowest BCUT2D eigenvalue weighted by Gasteiger charge is -2.11. The summed E-state index contributed by atoms with van der Waals surface area (Å²) in [5.41, 5.74) is 8.84. The molecule has 148 valence electrons. The highest BCUT2D eigenvalue weighted by atomic mass is 16.5. The minimum Gasteiger partial charge on any atom is -0.490 e. The minimum absolute atomic E-state index is 0.198. The standard InChI is InChI=1S/C23H23N3O3/c1-2-28-22-14-17(8-13-21(22)29-16-23(24)27)15-25-18-9-11-20(12-10-18)26-19-6-4-3-5-7-19/h3-15,26H,2,16H2,1H3,(H2,24,27). The number of aliphatic imine (C=N–C) groups is 1. The van der Waals surface area contributed by atoms with Gasteiger partial charge in [0.05, 0.1) is 12.3 Å². The second kappa shape index (κ2) is 9.94. The third kappa shape index (κ3) is 6.10. The Morgan fingerprint density at radius 2 is 1.69 bits per heavy atom. The van der Waals surface area contributed by atoms with Crippen LogP contribution >= 0.6 is 0 Å². The van der Waals surface area contributed by atoms with Crippen LogP contribution in [0.15, 0.2) is 77.8 Å². The molecular weight excluding hydrogens is 366 g/mol. The van der Waals surface area contributed by atoms with Gasteiger partial charge >= 0.3 is 0 Å². The summed E-state index contributed by atoms with van der Waals surface area (Å²) in [4.78, 5) is 15.4. The zero-order chi connectivity index (χ0) is 20.5. The quantitative estimate of drug-likeness (QED) is 0.530. The van der Waals surface area contributed by atoms with Crippen molar-refractivity contribution in [1.29, 1.82) is 0 Å². The summed E-state index contributed by atoms with van der Waals surface area (Å²) in [6, 6.07) is 23.2. The molecule has 6 nitrogen and oxygen atoms in total. The van der Waals surface area contributed by atoms with Gasteiger partial charge in [-0.1, -0.05) is 18.2 Å². The summed E-state index contributed by atoms with van der Waals surface area (Å²) in [5.74, 6) is 0.475. The van der Waals surface area contributed by atoms with Gasteiger partial charge in [-0.3, -0.25) is 9.79 Å². The SMILES string of the molecule is CCOc1cc(C=Nc2ccc(Nc3ccccc3)cc2)ccc1OCC(N)=O. The fourth-order valence-corrected chi connectivity index (χ4v) is 2.61. The van der Waals surface area contributed by atoms with Gasteiger partial charge in [0.15, 0.2) is 18.1 Å². The third-order valence-electron chi connectivity index (χ3n) is 3.93. The highest BCUT2D eigenvalue weighted by molar-refractivity contribution is 5.83. The third-order valence-corrected chi connectivity index (χ3v) is 3.93. The number of rotatable bonds is 9. The van der Waals surface area contributed by atoms with Gasteiger partial charge in [-0.2, -0.15) is 0 Å². The minimum atomic E-state index is -0.539. The van der Waals surface area contributed by atoms with E-state index in [0.29, 0.717) is 18.1 Å². The van der Waals surface area contributed by atoms with Gasteiger partial charge in [-0.25, -0.2) is 0 Å². The van der Waals surface area contributed by atoms with Crippen molar-refractivity contribution in [2.45, 2.75) is 6.92 Å². The highest BCUT2D eigenvalue weighted by Gasteiger charge is 2.07. The molecule has 3 aromatic rings. The van der Waals surface area contributed by atoms with Crippen LogP contribution in [-0.4, -0.2) is 25.3 Å². The molecular formula is C23H23N3O3. The Bertz CT molecular complexity index is 970. The second-order valence-corrected chi connectivity index (χ2v) is 6.19. The molecule has 29 heavy (non-hydrogen) atoms. The van der Waals surface area contributed by atoms with E-state index in [-0.39, 0.29) is 6.61 Å². The monoisotopic (exact) mass is 389 g/mol. The Labute approximate surface area is 170 Å². The van der Waals surface area contributed by atoms with E-state index in [2.05, 4.69) is 10.3 Å². The van der Waals surface area contributed by atoms with Gasteiger partial charge in [0.1, 0.15) is 0 Å². The lowest BCUT2D eigenvalue weighted by molar-refractivity contribution is -0.119. The number of para-hydroxylation sites is 1. The number of nitrogens with one attached hydrogen (secondary N) is 1. The van der Waals surface area contributed by atoms with Gasteiger partial charge < -0.3 is 20.5 Å². The number of hydrogen-bond donors (Lipinski definition) is 2. The van der Waals surface area contributed by atoms with Crippen molar-refractivity contribution in [3.05, 3.63) is 78.4 Å². The number of anilines is 2. The normalized spacial score (nSPS) is 10.7. The molecule has 0 fully saturated rings. The van der Waals surface area contributed by atoms with Crippen molar-refractivity contribution >= 4 is 29.2 Å². The first kappa shape index (κ1) is 19.9. The Morgan fingerprint density at radius 1 is 0.966 bits per heavy atom. The van der Waals surface area contributed by atoms with Crippen LogP contribution in [0.4, 0.5) is 17.1 Å². The van der Waals surface area contributed by atoms with Crippen LogP contribution in [0, 0.1) is 0 Å². The Kier molecular flexibility index (Phi) is 6.84. The van der Waals surface area contributed by atoms with Crippen molar-refractivity contribution in [3.63, 3.8) is 0 Å². The number of nitrogens with zero attached hydrogens (tertiary/aromatic N) is 1. The molecule has 0 heterocycles. The van der Waals surface area contributed by atoms with Crippen LogP contribution < -0.4 is 20.5 Å². The first-order chi connectivity index (χ1) is 14.1. The number of ether oxygens (including phenoxy) is 2. The van der Waals surface area contributed by atoms with Crippen LogP contribution in [0.1, 0.15) is 12.5 Å². The number of carbonyl (C=O) groups excluding carboxylic acids is 1. The molecule has 0 aliphatic rings. The van der Waals surface area contributed by atoms with E-state index in [9.17, 15) is 4.79 Å². The molecule has 0 spiro atoms. The van der Waals surface area contributed by atoms with Gasteiger partial charge in [0, 0.05) is 17.6 Å². The molecule has 0 aliphatic carbocycles. The summed E-state index contributed by atoms with van der Waals surface area (Å²) >= 11 is 0. The topological polar surface area (TPSA) is 85.9 Å². The van der Waals surface area contributed by atoms with E-state index in [0.717, 1.165) is 22.6 Å². The second-order valence-electron chi connectivity index (χ2n) is 6.19. The fourth-order valence-electron chi connectivity index (χ4n) is 2.61. The van der Waals surface area contributed by atoms with E-state index >= 15 is 0 Å². The average Bonchev–Trinajstić information content (AvgIpc) is 2.73. The first-order valence-electron chi connectivity index (χ1n) is 9.28. The summed E-state index contributed by atoms with van der Waals surface area (Å²) in [6.45, 7) is 2.16. The maximum absolute atomic E-state index is 10.9. The van der Waals surface area contributed by atoms with Crippen molar-refractivity contribution in [2.24, 2.45) is 10.7 Å². The van der Waals surface area contributed by atoms with Gasteiger partial charge in [0.2, 0.25) is 0 Å². The summed E-state index contributed by atoms with van der Waals surface area (Å²) < 4.78 is 11.0. The van der Waals surface area contributed by atoms with Crippen molar-refractivity contribution in [2.75, 3.05) is 18.5 Å². The lowest BCUT2D eigenvalue weighted by atomic mass is 10.2. The van der Waals surface area contributed by atoms with Crippen molar-refractivity contribution in [3.8, 4) is 11.5 Å². The number of primary amides is 1. The molecule has 1 amide bonds. The molecule has 3 aromatic carbocycles. The summed E-state index contributed by atoms with van der Waals surface area (Å²) in [7, 11) is 0. The van der Waals surface area contributed by atoms with E-state index in [4.69, 9.17) is 15.2 Å². The molecule has 0 radical (unpaired) electrons. The zero-order valence-corrected chi connectivity index (χ0v) is 16.2. The molecule has 3 N–H and O–H groups in total. The number of hydrogen-bond acceptors (Lipinski definition) is 5. The maximum atomic E-state index is 10.9. The Morgan fingerprint density at radius 3 is 2.38 bits per heavy atom. The number of carbonyl (C=O) groups is 1. The van der Waals surface area contributed by atoms with Gasteiger partial charge in [-0.05, 0) is 67.1 Å². The average molecular weight is 389 g/mol. The molecule has 0 atom stereocenters. The van der Waals surface area contributed by atoms with Crippen molar-refractivity contribution in [1.82, 2.24) is 0 Å². The van der Waals surface area contributed by atoms with E-state index in [1.165, 1.54) is 0 Å². The molecule has 6 heteroatoms. The van der Waals surface area contributed by atoms with E-state index in [1.807, 2.05) is 73.7 Å². The predicted octanol–water partition coefficient (Wildman–Crippen LogP) is 4.44. The van der Waals surface area contributed by atoms with Crippen LogP contribution in [-0.2, 0) is 4.79 Å². The maximum Gasteiger partial charge on any atom is 0.255 e. The van der Waals surface area contributed by atoms with E-state index in [1.54, 1.807) is 12.3 Å². The Hall–Kier alpha value is -3.80. The molecule has 0 saturated heterocycles. The van der Waals surface area contributed by atoms with Crippen LogP contribution in [0.25, 0.3) is 0 Å². The van der Waals surface area contributed by atoms with Crippen LogP contribution in [0.5, 0.6) is 11.5 Å². The van der Waals surface area contributed by atoms with Crippen LogP contribution in [0.2, 0.25) is 0 Å². The number of amides is 1. The molecule has 0 aliphatic heterocycles. The predicted molar refractivity (Wildman–Crippen MR) is 116 cm³/mol. The molecule has 0 unspecified atom stereocenters. The highest BCUT2D eigenvalue weighted by Crippen LogP contribution is 2.28. The molecule has 0 aromatic heterocycles. The first-order valence-corrected chi connectivity index (χ1v) is 9.28. The molecule has 0 bridgehead atoms. The lowest BCUT2D eigenvalue weighted by Crippen LogP contribution is -2.20.